The normalized spacial score (nSPS) is 10.5. The van der Waals surface area contributed by atoms with E-state index in [1.807, 2.05) is 20.2 Å². The molecular weight excluding hydrogens is 218 g/mol. The maximum absolute atomic E-state index is 11.1. The van der Waals surface area contributed by atoms with Crippen molar-refractivity contribution in [2.24, 2.45) is 7.05 Å². The van der Waals surface area contributed by atoms with Crippen LogP contribution in [0.3, 0.4) is 0 Å². The molecule has 0 saturated heterocycles. The first-order chi connectivity index (χ1) is 8.13. The number of aryl methyl sites for hydroxylation is 2. The van der Waals surface area contributed by atoms with Crippen LogP contribution < -0.4 is 0 Å². The second-order valence-electron chi connectivity index (χ2n) is 3.74. The quantitative estimate of drug-likeness (QED) is 0.873. The summed E-state index contributed by atoms with van der Waals surface area (Å²) < 4.78 is 1.69. The van der Waals surface area contributed by atoms with Crippen LogP contribution in [0.25, 0.3) is 11.1 Å². The summed E-state index contributed by atoms with van der Waals surface area (Å²) in [5.74, 6) is -0.951. The molecule has 0 radical (unpaired) electrons. The maximum Gasteiger partial charge on any atom is 0.336 e. The van der Waals surface area contributed by atoms with Gasteiger partial charge in [0, 0.05) is 36.8 Å². The van der Waals surface area contributed by atoms with Gasteiger partial charge in [0.1, 0.15) is 0 Å². The summed E-state index contributed by atoms with van der Waals surface area (Å²) in [6, 6.07) is 1.50. The zero-order valence-corrected chi connectivity index (χ0v) is 9.71. The molecule has 0 atom stereocenters. The van der Waals surface area contributed by atoms with E-state index in [1.54, 1.807) is 10.9 Å². The molecular formula is C12H13N3O2. The third-order valence-electron chi connectivity index (χ3n) is 2.58. The Labute approximate surface area is 98.7 Å². The number of carboxylic acid groups (broad SMARTS) is 1. The lowest BCUT2D eigenvalue weighted by Gasteiger charge is -2.04. The summed E-state index contributed by atoms with van der Waals surface area (Å²) in [5.41, 5.74) is 2.58. The lowest BCUT2D eigenvalue weighted by molar-refractivity contribution is 0.0697. The third-order valence-corrected chi connectivity index (χ3v) is 2.58. The first kappa shape index (κ1) is 11.3. The fourth-order valence-corrected chi connectivity index (χ4v) is 1.82. The summed E-state index contributed by atoms with van der Waals surface area (Å²) >= 11 is 0. The molecule has 2 rings (SSSR count). The van der Waals surface area contributed by atoms with Crippen LogP contribution in [-0.4, -0.2) is 25.8 Å². The molecule has 5 nitrogen and oxygen atoms in total. The summed E-state index contributed by atoms with van der Waals surface area (Å²) in [4.78, 5) is 15.1. The van der Waals surface area contributed by atoms with Crippen LogP contribution in [0, 0.1) is 0 Å². The number of aromatic carboxylic acids is 1. The van der Waals surface area contributed by atoms with E-state index in [-0.39, 0.29) is 5.56 Å². The Morgan fingerprint density at radius 1 is 1.47 bits per heavy atom. The van der Waals surface area contributed by atoms with E-state index < -0.39 is 5.97 Å². The van der Waals surface area contributed by atoms with Gasteiger partial charge in [0.2, 0.25) is 0 Å². The van der Waals surface area contributed by atoms with Gasteiger partial charge in [0.05, 0.1) is 11.3 Å². The Balaban J connectivity index is 2.63. The standard InChI is InChI=1S/C12H13N3O2/c1-3-11-10(7-15(2)14-11)9-6-13-5-4-8(9)12(16)17/h4-7H,3H2,1-2H3,(H,16,17). The van der Waals surface area contributed by atoms with Crippen molar-refractivity contribution in [2.75, 3.05) is 0 Å². The largest absolute Gasteiger partial charge is 0.478 e. The van der Waals surface area contributed by atoms with Gasteiger partial charge >= 0.3 is 5.97 Å². The van der Waals surface area contributed by atoms with E-state index >= 15 is 0 Å². The van der Waals surface area contributed by atoms with Gasteiger partial charge in [-0.3, -0.25) is 9.67 Å². The number of carboxylic acids is 1. The van der Waals surface area contributed by atoms with E-state index in [0.29, 0.717) is 5.56 Å². The molecule has 0 aliphatic carbocycles. The molecule has 2 aromatic rings. The van der Waals surface area contributed by atoms with Gasteiger partial charge in [-0.25, -0.2) is 4.79 Å². The van der Waals surface area contributed by atoms with Crippen molar-refractivity contribution in [1.29, 1.82) is 0 Å². The van der Waals surface area contributed by atoms with Gasteiger partial charge in [0.15, 0.2) is 0 Å². The van der Waals surface area contributed by atoms with Crippen LogP contribution >= 0.6 is 0 Å². The van der Waals surface area contributed by atoms with Crippen molar-refractivity contribution in [3.8, 4) is 11.1 Å². The van der Waals surface area contributed by atoms with Gasteiger partial charge in [-0.2, -0.15) is 5.10 Å². The van der Waals surface area contributed by atoms with Crippen LogP contribution in [0.5, 0.6) is 0 Å². The van der Waals surface area contributed by atoms with Crippen molar-refractivity contribution in [3.63, 3.8) is 0 Å². The zero-order chi connectivity index (χ0) is 12.4. The number of aromatic nitrogens is 3. The predicted octanol–water partition coefficient (Wildman–Crippen LogP) is 1.74. The van der Waals surface area contributed by atoms with E-state index in [2.05, 4.69) is 10.1 Å². The summed E-state index contributed by atoms with van der Waals surface area (Å²) in [5, 5.41) is 13.4. The van der Waals surface area contributed by atoms with Crippen molar-refractivity contribution >= 4 is 5.97 Å². The van der Waals surface area contributed by atoms with Crippen molar-refractivity contribution in [1.82, 2.24) is 14.8 Å². The zero-order valence-electron chi connectivity index (χ0n) is 9.71. The lowest BCUT2D eigenvalue weighted by Crippen LogP contribution is -2.00. The Bertz CT molecular complexity index is 561. The van der Waals surface area contributed by atoms with Crippen LogP contribution in [0.1, 0.15) is 23.0 Å². The monoisotopic (exact) mass is 231 g/mol. The minimum absolute atomic E-state index is 0.253. The van der Waals surface area contributed by atoms with Gasteiger partial charge in [0.25, 0.3) is 0 Å². The highest BCUT2D eigenvalue weighted by Gasteiger charge is 2.16. The minimum atomic E-state index is -0.951. The lowest BCUT2D eigenvalue weighted by atomic mass is 10.0. The fraction of sp³-hybridized carbons (Fsp3) is 0.250. The van der Waals surface area contributed by atoms with Crippen LogP contribution in [0.4, 0.5) is 0 Å². The number of hydrogen-bond acceptors (Lipinski definition) is 3. The van der Waals surface area contributed by atoms with Crippen LogP contribution in [0.15, 0.2) is 24.7 Å². The SMILES string of the molecule is CCc1nn(C)cc1-c1cnccc1C(=O)O. The third kappa shape index (κ3) is 2.04. The summed E-state index contributed by atoms with van der Waals surface area (Å²) in [6.45, 7) is 1.99. The topological polar surface area (TPSA) is 68.0 Å². The second-order valence-corrected chi connectivity index (χ2v) is 3.74. The number of pyridine rings is 1. The highest BCUT2D eigenvalue weighted by atomic mass is 16.4. The van der Waals surface area contributed by atoms with E-state index in [0.717, 1.165) is 17.7 Å². The molecule has 0 spiro atoms. The molecule has 0 amide bonds. The molecule has 0 aliphatic rings. The van der Waals surface area contributed by atoms with E-state index in [1.165, 1.54) is 12.3 Å². The predicted molar refractivity (Wildman–Crippen MR) is 62.8 cm³/mol. The van der Waals surface area contributed by atoms with Crippen molar-refractivity contribution < 1.29 is 9.90 Å². The molecule has 0 bridgehead atoms. The number of rotatable bonds is 3. The molecule has 88 valence electrons. The Kier molecular flexibility index (Phi) is 2.91. The Morgan fingerprint density at radius 2 is 2.24 bits per heavy atom. The van der Waals surface area contributed by atoms with Gasteiger partial charge in [-0.1, -0.05) is 6.92 Å². The maximum atomic E-state index is 11.1. The highest BCUT2D eigenvalue weighted by molar-refractivity contribution is 5.95. The van der Waals surface area contributed by atoms with Crippen LogP contribution in [0.2, 0.25) is 0 Å². The van der Waals surface area contributed by atoms with E-state index in [9.17, 15) is 4.79 Å². The van der Waals surface area contributed by atoms with Gasteiger partial charge in [-0.05, 0) is 12.5 Å². The molecule has 5 heteroatoms. The minimum Gasteiger partial charge on any atom is -0.478 e. The molecule has 0 fully saturated rings. The van der Waals surface area contributed by atoms with E-state index in [4.69, 9.17) is 5.11 Å². The van der Waals surface area contributed by atoms with Gasteiger partial charge < -0.3 is 5.11 Å². The highest BCUT2D eigenvalue weighted by Crippen LogP contribution is 2.26. The summed E-state index contributed by atoms with van der Waals surface area (Å²) in [6.07, 6.45) is 5.63. The second kappa shape index (κ2) is 4.37. The first-order valence-electron chi connectivity index (χ1n) is 5.33. The molecule has 0 aliphatic heterocycles. The molecule has 0 saturated carbocycles. The number of nitrogens with zero attached hydrogens (tertiary/aromatic N) is 3. The summed E-state index contributed by atoms with van der Waals surface area (Å²) in [7, 11) is 1.82. The Hall–Kier alpha value is -2.17. The molecule has 17 heavy (non-hydrogen) atoms. The Morgan fingerprint density at radius 3 is 2.88 bits per heavy atom. The number of hydrogen-bond donors (Lipinski definition) is 1. The average Bonchev–Trinajstić information content (AvgIpc) is 2.70. The van der Waals surface area contributed by atoms with Crippen molar-refractivity contribution in [3.05, 3.63) is 35.9 Å². The molecule has 2 heterocycles. The first-order valence-corrected chi connectivity index (χ1v) is 5.33. The van der Waals surface area contributed by atoms with Gasteiger partial charge in [-0.15, -0.1) is 0 Å². The molecule has 0 unspecified atom stereocenters. The van der Waals surface area contributed by atoms with Crippen molar-refractivity contribution in [2.45, 2.75) is 13.3 Å². The number of carbonyl (C=O) groups is 1. The average molecular weight is 231 g/mol. The molecule has 2 aromatic heterocycles. The van der Waals surface area contributed by atoms with Crippen LogP contribution in [-0.2, 0) is 13.5 Å². The smallest absolute Gasteiger partial charge is 0.336 e. The molecule has 0 aromatic carbocycles. The molecule has 1 N–H and O–H groups in total. The fourth-order valence-electron chi connectivity index (χ4n) is 1.82.